The first-order chi connectivity index (χ1) is 13.8. The number of hydrogen-bond donors (Lipinski definition) is 2. The van der Waals surface area contributed by atoms with Gasteiger partial charge in [-0.3, -0.25) is 4.79 Å². The summed E-state index contributed by atoms with van der Waals surface area (Å²) in [6.07, 6.45) is -4.43. The van der Waals surface area contributed by atoms with E-state index in [9.17, 15) is 18.0 Å². The van der Waals surface area contributed by atoms with Gasteiger partial charge in [-0.15, -0.1) is 22.7 Å². The smallest absolute Gasteiger partial charge is 0.397 e. The Bertz CT molecular complexity index is 1180. The molecule has 0 spiro atoms. The van der Waals surface area contributed by atoms with Crippen molar-refractivity contribution in [2.75, 3.05) is 5.73 Å². The first kappa shape index (κ1) is 19.4. The Hall–Kier alpha value is -2.91. The molecule has 3 aromatic heterocycles. The fraction of sp³-hybridized carbons (Fsp3) is 0.100. The zero-order valence-electron chi connectivity index (χ0n) is 14.8. The predicted octanol–water partition coefficient (Wildman–Crippen LogP) is 5.56. The largest absolute Gasteiger partial charge is 0.416 e. The van der Waals surface area contributed by atoms with Crippen LogP contribution >= 0.6 is 22.7 Å². The Kier molecular flexibility index (Phi) is 5.01. The van der Waals surface area contributed by atoms with Gasteiger partial charge in [-0.25, -0.2) is 4.98 Å². The molecule has 4 nitrogen and oxygen atoms in total. The number of nitrogens with two attached hydrogens (primary N) is 1. The molecule has 9 heteroatoms. The number of carbonyl (C=O) groups excluding carboxylic acids is 1. The minimum atomic E-state index is -4.43. The number of nitrogens with zero attached hydrogens (tertiary/aromatic N) is 1. The second-order valence-corrected chi connectivity index (χ2v) is 8.20. The zero-order valence-corrected chi connectivity index (χ0v) is 16.4. The molecule has 0 aliphatic carbocycles. The molecule has 0 unspecified atom stereocenters. The molecule has 4 aromatic rings. The van der Waals surface area contributed by atoms with Crippen molar-refractivity contribution in [3.8, 4) is 10.6 Å². The van der Waals surface area contributed by atoms with Gasteiger partial charge in [0.2, 0.25) is 0 Å². The van der Waals surface area contributed by atoms with Crippen LogP contribution in [0.15, 0.2) is 53.9 Å². The Morgan fingerprint density at radius 1 is 1.14 bits per heavy atom. The number of carbonyl (C=O) groups is 1. The van der Waals surface area contributed by atoms with E-state index in [2.05, 4.69) is 10.3 Å². The van der Waals surface area contributed by atoms with Crippen molar-refractivity contribution >= 4 is 44.5 Å². The van der Waals surface area contributed by atoms with Gasteiger partial charge in [0.1, 0.15) is 9.71 Å². The van der Waals surface area contributed by atoms with Gasteiger partial charge >= 0.3 is 6.18 Å². The summed E-state index contributed by atoms with van der Waals surface area (Å²) in [5, 5.41) is 5.27. The van der Waals surface area contributed by atoms with Crippen molar-refractivity contribution < 1.29 is 18.0 Å². The summed E-state index contributed by atoms with van der Waals surface area (Å²) >= 11 is 2.72. The van der Waals surface area contributed by atoms with Crippen molar-refractivity contribution in [1.29, 1.82) is 0 Å². The molecule has 0 aliphatic rings. The number of aromatic nitrogens is 1. The van der Waals surface area contributed by atoms with E-state index >= 15 is 0 Å². The third kappa shape index (κ3) is 3.96. The van der Waals surface area contributed by atoms with Gasteiger partial charge in [0.05, 0.1) is 21.8 Å². The van der Waals surface area contributed by atoms with Crippen LogP contribution in [0.25, 0.3) is 20.8 Å². The molecule has 1 aromatic carbocycles. The molecule has 29 heavy (non-hydrogen) atoms. The lowest BCUT2D eigenvalue weighted by molar-refractivity contribution is -0.137. The average molecular weight is 433 g/mol. The summed E-state index contributed by atoms with van der Waals surface area (Å²) in [5.74, 6) is -0.444. The SMILES string of the molecule is Nc1c(C(=O)NCc2cccc(C(F)(F)F)c2)sc2nc(-c3cccs3)ccc12. The predicted molar refractivity (Wildman–Crippen MR) is 110 cm³/mol. The summed E-state index contributed by atoms with van der Waals surface area (Å²) in [5.41, 5.74) is 6.83. The number of alkyl halides is 3. The molecule has 0 saturated carbocycles. The third-order valence-corrected chi connectivity index (χ3v) is 6.29. The van der Waals surface area contributed by atoms with Gasteiger partial charge in [0.25, 0.3) is 5.91 Å². The highest BCUT2D eigenvalue weighted by atomic mass is 32.1. The normalized spacial score (nSPS) is 11.7. The first-order valence-corrected chi connectivity index (χ1v) is 10.2. The fourth-order valence-electron chi connectivity index (χ4n) is 2.85. The molecule has 0 saturated heterocycles. The number of thiophene rings is 2. The van der Waals surface area contributed by atoms with Crippen LogP contribution in [0.2, 0.25) is 0 Å². The van der Waals surface area contributed by atoms with Crippen LogP contribution in [-0.4, -0.2) is 10.9 Å². The highest BCUT2D eigenvalue weighted by molar-refractivity contribution is 7.21. The number of benzene rings is 1. The number of fused-ring (bicyclic) bond motifs is 1. The molecule has 0 aliphatic heterocycles. The van der Waals surface area contributed by atoms with E-state index in [1.807, 2.05) is 29.6 Å². The lowest BCUT2D eigenvalue weighted by Crippen LogP contribution is -2.22. The van der Waals surface area contributed by atoms with Crippen molar-refractivity contribution in [3.05, 3.63) is 69.9 Å². The lowest BCUT2D eigenvalue weighted by atomic mass is 10.1. The van der Waals surface area contributed by atoms with Crippen LogP contribution in [0.5, 0.6) is 0 Å². The highest BCUT2D eigenvalue weighted by Gasteiger charge is 2.30. The number of rotatable bonds is 4. The molecule has 148 valence electrons. The fourth-order valence-corrected chi connectivity index (χ4v) is 4.55. The monoisotopic (exact) mass is 433 g/mol. The number of amides is 1. The minimum absolute atomic E-state index is 0.0374. The van der Waals surface area contributed by atoms with Crippen molar-refractivity contribution in [1.82, 2.24) is 10.3 Å². The highest BCUT2D eigenvalue weighted by Crippen LogP contribution is 2.35. The molecule has 4 rings (SSSR count). The van der Waals surface area contributed by atoms with E-state index < -0.39 is 17.6 Å². The molecular formula is C20H14F3N3OS2. The quantitative estimate of drug-likeness (QED) is 0.443. The van der Waals surface area contributed by atoms with Crippen molar-refractivity contribution in [2.45, 2.75) is 12.7 Å². The van der Waals surface area contributed by atoms with Crippen LogP contribution < -0.4 is 11.1 Å². The van der Waals surface area contributed by atoms with E-state index in [4.69, 9.17) is 5.73 Å². The lowest BCUT2D eigenvalue weighted by Gasteiger charge is -2.09. The standard InChI is InChI=1S/C20H14F3N3OS2/c21-20(22,23)12-4-1-3-11(9-12)10-25-18(27)17-16(24)13-6-7-14(26-19(13)29-17)15-5-2-8-28-15/h1-9H,10,24H2,(H,25,27). The van der Waals surface area contributed by atoms with Gasteiger partial charge in [0.15, 0.2) is 0 Å². The number of nitrogen functional groups attached to an aromatic ring is 1. The van der Waals surface area contributed by atoms with Crippen molar-refractivity contribution in [3.63, 3.8) is 0 Å². The Morgan fingerprint density at radius 3 is 2.69 bits per heavy atom. The molecule has 0 atom stereocenters. The molecule has 0 fully saturated rings. The van der Waals surface area contributed by atoms with E-state index in [0.717, 1.165) is 34.0 Å². The molecule has 1 amide bonds. The van der Waals surface area contributed by atoms with Gasteiger partial charge < -0.3 is 11.1 Å². The van der Waals surface area contributed by atoms with E-state index in [0.29, 0.717) is 26.3 Å². The van der Waals surface area contributed by atoms with E-state index in [1.165, 1.54) is 12.1 Å². The Morgan fingerprint density at radius 2 is 1.97 bits per heavy atom. The maximum Gasteiger partial charge on any atom is 0.416 e. The first-order valence-electron chi connectivity index (χ1n) is 8.50. The van der Waals surface area contributed by atoms with Gasteiger partial charge in [-0.2, -0.15) is 13.2 Å². The van der Waals surface area contributed by atoms with Crippen molar-refractivity contribution in [2.24, 2.45) is 0 Å². The Labute approximate surface area is 171 Å². The molecule has 0 bridgehead atoms. The number of anilines is 1. The third-order valence-electron chi connectivity index (χ3n) is 4.28. The minimum Gasteiger partial charge on any atom is -0.397 e. The van der Waals surface area contributed by atoms with Gasteiger partial charge in [-0.05, 0) is 41.3 Å². The second-order valence-electron chi connectivity index (χ2n) is 6.25. The summed E-state index contributed by atoms with van der Waals surface area (Å²) in [4.78, 5) is 19.1. The topological polar surface area (TPSA) is 68.0 Å². The van der Waals surface area contributed by atoms with Crippen LogP contribution in [0.1, 0.15) is 20.8 Å². The average Bonchev–Trinajstić information content (AvgIpc) is 3.34. The summed E-state index contributed by atoms with van der Waals surface area (Å²) < 4.78 is 38.5. The van der Waals surface area contributed by atoms with E-state index in [1.54, 1.807) is 11.3 Å². The molecule has 3 heterocycles. The molecule has 3 N–H and O–H groups in total. The van der Waals surface area contributed by atoms with Crippen LogP contribution in [0.3, 0.4) is 0 Å². The maximum absolute atomic E-state index is 12.8. The van der Waals surface area contributed by atoms with Crippen LogP contribution in [0.4, 0.5) is 18.9 Å². The Balaban J connectivity index is 1.55. The number of halogens is 3. The summed E-state index contributed by atoms with van der Waals surface area (Å²) in [6.45, 7) is -0.0374. The summed E-state index contributed by atoms with van der Waals surface area (Å²) in [7, 11) is 0. The summed E-state index contributed by atoms with van der Waals surface area (Å²) in [6, 6.07) is 12.4. The number of hydrogen-bond acceptors (Lipinski definition) is 5. The van der Waals surface area contributed by atoms with Gasteiger partial charge in [0, 0.05) is 11.9 Å². The van der Waals surface area contributed by atoms with Crippen LogP contribution in [-0.2, 0) is 12.7 Å². The second kappa shape index (κ2) is 7.49. The zero-order chi connectivity index (χ0) is 20.6. The molecular weight excluding hydrogens is 419 g/mol. The van der Waals surface area contributed by atoms with Gasteiger partial charge in [-0.1, -0.05) is 18.2 Å². The maximum atomic E-state index is 12.8. The number of pyridine rings is 1. The van der Waals surface area contributed by atoms with Crippen LogP contribution in [0, 0.1) is 0 Å². The number of nitrogens with one attached hydrogen (secondary N) is 1. The van der Waals surface area contributed by atoms with E-state index in [-0.39, 0.29) is 6.54 Å². The molecule has 0 radical (unpaired) electrons.